The van der Waals surface area contributed by atoms with Crippen molar-refractivity contribution in [2.24, 2.45) is 0 Å². The van der Waals surface area contributed by atoms with Gasteiger partial charge in [0.1, 0.15) is 0 Å². The number of rotatable bonds is 11. The summed E-state index contributed by atoms with van der Waals surface area (Å²) in [6, 6.07) is 0. The lowest BCUT2D eigenvalue weighted by Gasteiger charge is -2.13. The molecule has 2 amide bonds. The third-order valence-electron chi connectivity index (χ3n) is 3.52. The Balaban J connectivity index is 2.30. The minimum atomic E-state index is -0.591. The molecule has 0 spiro atoms. The average molecular weight is 339 g/mol. The van der Waals surface area contributed by atoms with Crippen LogP contribution in [0.5, 0.6) is 0 Å². The summed E-state index contributed by atoms with van der Waals surface area (Å²) in [6.07, 6.45) is 12.1. The molecule has 1 aliphatic heterocycles. The van der Waals surface area contributed by atoms with E-state index in [2.05, 4.69) is 12.8 Å². The number of hydrogen-bond donors (Lipinski definition) is 0. The van der Waals surface area contributed by atoms with Gasteiger partial charge in [0, 0.05) is 12.8 Å². The molecule has 1 heterocycles. The number of unbranched alkanes of at least 4 members (excludes halogenated alkanes) is 5. The molecule has 0 N–H and O–H groups in total. The number of thioether (sulfide) groups is 1. The van der Waals surface area contributed by atoms with E-state index in [1.54, 1.807) is 0 Å². The highest BCUT2D eigenvalue weighted by Gasteiger charge is 2.41. The van der Waals surface area contributed by atoms with E-state index in [9.17, 15) is 14.4 Å². The third kappa shape index (κ3) is 7.08. The molecule has 0 aliphatic carbocycles. The third-order valence-corrected chi connectivity index (χ3v) is 4.82. The second-order valence-corrected chi connectivity index (χ2v) is 6.84. The van der Waals surface area contributed by atoms with Gasteiger partial charge in [0.15, 0.2) is 0 Å². The number of nitrogens with zero attached hydrogens (tertiary/aromatic N) is 1. The van der Waals surface area contributed by atoms with Gasteiger partial charge < -0.3 is 4.84 Å². The Bertz CT molecular complexity index is 458. The van der Waals surface area contributed by atoms with Gasteiger partial charge in [-0.15, -0.1) is 29.2 Å². The lowest BCUT2D eigenvalue weighted by Crippen LogP contribution is -2.34. The Morgan fingerprint density at radius 2 is 2.04 bits per heavy atom. The van der Waals surface area contributed by atoms with Crippen molar-refractivity contribution >= 4 is 29.5 Å². The van der Waals surface area contributed by atoms with Crippen molar-refractivity contribution in [2.45, 2.75) is 70.0 Å². The molecular weight excluding hydrogens is 314 g/mol. The highest BCUT2D eigenvalue weighted by atomic mass is 32.2. The van der Waals surface area contributed by atoms with Gasteiger partial charge in [-0.25, -0.2) is 4.79 Å². The minimum Gasteiger partial charge on any atom is -0.330 e. The molecule has 1 saturated heterocycles. The second-order valence-electron chi connectivity index (χ2n) is 5.53. The zero-order chi connectivity index (χ0) is 17.1. The van der Waals surface area contributed by atoms with E-state index in [1.165, 1.54) is 31.0 Å². The first-order valence-electron chi connectivity index (χ1n) is 8.22. The van der Waals surface area contributed by atoms with Gasteiger partial charge in [0.05, 0.1) is 11.7 Å². The van der Waals surface area contributed by atoms with Gasteiger partial charge in [-0.1, -0.05) is 32.6 Å². The summed E-state index contributed by atoms with van der Waals surface area (Å²) in [7, 11) is 0. The number of terminal acetylenes is 1. The maximum Gasteiger partial charge on any atom is 0.333 e. The Morgan fingerprint density at radius 1 is 1.30 bits per heavy atom. The summed E-state index contributed by atoms with van der Waals surface area (Å²) in [5, 5.41) is 0.208. The Kier molecular flexibility index (Phi) is 9.46. The van der Waals surface area contributed by atoms with Crippen molar-refractivity contribution in [2.75, 3.05) is 5.75 Å². The van der Waals surface area contributed by atoms with Gasteiger partial charge in [0.2, 0.25) is 0 Å². The van der Waals surface area contributed by atoms with Crippen molar-refractivity contribution in [1.29, 1.82) is 0 Å². The molecule has 23 heavy (non-hydrogen) atoms. The van der Waals surface area contributed by atoms with Gasteiger partial charge >= 0.3 is 5.97 Å². The quantitative estimate of drug-likeness (QED) is 0.329. The average Bonchev–Trinajstić information content (AvgIpc) is 2.78. The number of hydrogen-bond acceptors (Lipinski definition) is 5. The lowest BCUT2D eigenvalue weighted by atomic mass is 10.2. The standard InChI is InChI=1S/C17H25NO4S/c1-3-5-7-8-10-12-23-14-13-15(19)18(17(14)21)22-16(20)11-9-6-4-2/h2,14H,3,5-13H2,1H3. The fraction of sp³-hybridized carbons (Fsp3) is 0.706. The summed E-state index contributed by atoms with van der Waals surface area (Å²) in [6.45, 7) is 2.17. The first-order valence-corrected chi connectivity index (χ1v) is 9.27. The highest BCUT2D eigenvalue weighted by molar-refractivity contribution is 8.00. The largest absolute Gasteiger partial charge is 0.333 e. The van der Waals surface area contributed by atoms with Crippen molar-refractivity contribution < 1.29 is 19.2 Å². The molecule has 0 radical (unpaired) electrons. The first kappa shape index (κ1) is 19.6. The van der Waals surface area contributed by atoms with E-state index in [0.717, 1.165) is 18.6 Å². The van der Waals surface area contributed by atoms with Crippen molar-refractivity contribution in [3.05, 3.63) is 0 Å². The topological polar surface area (TPSA) is 63.7 Å². The van der Waals surface area contributed by atoms with Crippen LogP contribution in [0.4, 0.5) is 0 Å². The molecule has 0 aromatic heterocycles. The normalized spacial score (nSPS) is 17.4. The Morgan fingerprint density at radius 3 is 2.74 bits per heavy atom. The number of carbonyl (C=O) groups is 3. The lowest BCUT2D eigenvalue weighted by molar-refractivity contribution is -0.197. The molecule has 6 heteroatoms. The smallest absolute Gasteiger partial charge is 0.330 e. The van der Waals surface area contributed by atoms with Crippen LogP contribution in [-0.4, -0.2) is 33.8 Å². The monoisotopic (exact) mass is 339 g/mol. The van der Waals surface area contributed by atoms with Gasteiger partial charge in [-0.2, -0.15) is 0 Å². The number of imide groups is 1. The summed E-state index contributed by atoms with van der Waals surface area (Å²) >= 11 is 1.48. The van der Waals surface area contributed by atoms with Crippen molar-refractivity contribution in [1.82, 2.24) is 5.06 Å². The Hall–Kier alpha value is -1.48. The zero-order valence-electron chi connectivity index (χ0n) is 13.7. The van der Waals surface area contributed by atoms with Crippen LogP contribution in [0.25, 0.3) is 0 Å². The fourth-order valence-corrected chi connectivity index (χ4v) is 3.38. The molecule has 128 valence electrons. The number of hydroxylamine groups is 2. The minimum absolute atomic E-state index is 0.107. The van der Waals surface area contributed by atoms with E-state index in [-0.39, 0.29) is 12.8 Å². The SMILES string of the molecule is C#CCCCC(=O)ON1C(=O)CC(SCCCCCCC)C1=O. The molecular formula is C17H25NO4S. The van der Waals surface area contributed by atoms with Gasteiger partial charge in [-0.3, -0.25) is 9.59 Å². The molecule has 0 aromatic rings. The van der Waals surface area contributed by atoms with Gasteiger partial charge in [0.25, 0.3) is 11.8 Å². The number of amides is 2. The van der Waals surface area contributed by atoms with Crippen molar-refractivity contribution in [3.8, 4) is 12.3 Å². The van der Waals surface area contributed by atoms with Crippen LogP contribution < -0.4 is 0 Å². The molecule has 1 aliphatic rings. The fourth-order valence-electron chi connectivity index (χ4n) is 2.22. The Labute approximate surface area is 142 Å². The second kappa shape index (κ2) is 11.1. The molecule has 0 saturated carbocycles. The summed E-state index contributed by atoms with van der Waals surface area (Å²) < 4.78 is 0. The van der Waals surface area contributed by atoms with Crippen LogP contribution in [0, 0.1) is 12.3 Å². The summed E-state index contributed by atoms with van der Waals surface area (Å²) in [5.74, 6) is 1.82. The first-order chi connectivity index (χ1) is 11.1. The van der Waals surface area contributed by atoms with E-state index < -0.39 is 23.0 Å². The summed E-state index contributed by atoms with van der Waals surface area (Å²) in [4.78, 5) is 40.4. The maximum absolute atomic E-state index is 12.1. The van der Waals surface area contributed by atoms with E-state index in [1.807, 2.05) is 0 Å². The molecule has 0 bridgehead atoms. The van der Waals surface area contributed by atoms with Crippen LogP contribution in [0.1, 0.15) is 64.7 Å². The highest BCUT2D eigenvalue weighted by Crippen LogP contribution is 2.26. The molecule has 1 atom stereocenters. The van der Waals surface area contributed by atoms with E-state index in [0.29, 0.717) is 17.9 Å². The maximum atomic E-state index is 12.1. The predicted octanol–water partition coefficient (Wildman–Crippen LogP) is 3.08. The van der Waals surface area contributed by atoms with E-state index >= 15 is 0 Å². The molecule has 1 unspecified atom stereocenters. The van der Waals surface area contributed by atoms with Crippen LogP contribution in [-0.2, 0) is 19.2 Å². The molecule has 1 fully saturated rings. The molecule has 1 rings (SSSR count). The molecule has 5 nitrogen and oxygen atoms in total. The van der Waals surface area contributed by atoms with Gasteiger partial charge in [-0.05, 0) is 18.6 Å². The van der Waals surface area contributed by atoms with Crippen LogP contribution in [0.2, 0.25) is 0 Å². The summed E-state index contributed by atoms with van der Waals surface area (Å²) in [5.41, 5.74) is 0. The van der Waals surface area contributed by atoms with Crippen molar-refractivity contribution in [3.63, 3.8) is 0 Å². The zero-order valence-corrected chi connectivity index (χ0v) is 14.5. The van der Waals surface area contributed by atoms with Crippen LogP contribution >= 0.6 is 11.8 Å². The number of carbonyl (C=O) groups excluding carboxylic acids is 3. The predicted molar refractivity (Wildman–Crippen MR) is 90.3 cm³/mol. The van der Waals surface area contributed by atoms with E-state index in [4.69, 9.17) is 11.3 Å². The van der Waals surface area contributed by atoms with Crippen LogP contribution in [0.3, 0.4) is 0 Å². The van der Waals surface area contributed by atoms with Crippen LogP contribution in [0.15, 0.2) is 0 Å². The molecule has 0 aromatic carbocycles.